The van der Waals surface area contributed by atoms with Gasteiger partial charge in [-0.2, -0.15) is 4.99 Å². The summed E-state index contributed by atoms with van der Waals surface area (Å²) in [4.78, 5) is 60.3. The highest BCUT2D eigenvalue weighted by Crippen LogP contribution is 2.30. The summed E-state index contributed by atoms with van der Waals surface area (Å²) in [6.45, 7) is 3.77. The zero-order valence-electron chi connectivity index (χ0n) is 24.3. The Labute approximate surface area is 259 Å². The summed E-state index contributed by atoms with van der Waals surface area (Å²) in [5, 5.41) is 23.6. The molecular formula is C28H30N8O8S. The number of aromatic nitrogens is 3. The number of fused-ring (bicyclic) bond motifs is 1. The molecule has 3 heterocycles. The molecule has 3 aromatic heterocycles. The number of nitro groups is 1. The monoisotopic (exact) mass is 638 g/mol. The average Bonchev–Trinajstić information content (AvgIpc) is 3.56. The third kappa shape index (κ3) is 7.57. The van der Waals surface area contributed by atoms with Gasteiger partial charge in [0.25, 0.3) is 5.91 Å². The van der Waals surface area contributed by atoms with Gasteiger partial charge in [-0.05, 0) is 18.6 Å². The van der Waals surface area contributed by atoms with Crippen LogP contribution in [-0.2, 0) is 13.0 Å². The number of carbonyl (C=O) groups is 3. The minimum atomic E-state index is -0.844. The lowest BCUT2D eigenvalue weighted by Crippen LogP contribution is -2.18. The number of nitrogens with zero attached hydrogens (tertiary/aromatic N) is 5. The number of allylic oxidation sites excluding steroid dienone is 1. The van der Waals surface area contributed by atoms with E-state index in [1.807, 2.05) is 6.92 Å². The molecular weight excluding hydrogens is 608 g/mol. The predicted octanol–water partition coefficient (Wildman–Crippen LogP) is 2.23. The molecule has 0 unspecified atom stereocenters. The van der Waals surface area contributed by atoms with Crippen LogP contribution in [0.3, 0.4) is 0 Å². The summed E-state index contributed by atoms with van der Waals surface area (Å²) in [7, 11) is 0. The van der Waals surface area contributed by atoms with Crippen LogP contribution in [0.2, 0.25) is 0 Å². The number of pyridine rings is 1. The maximum atomic E-state index is 13.2. The number of hydrogen-bond acceptors (Lipinski definition) is 12. The minimum Gasteiger partial charge on any atom is -0.491 e. The Balaban J connectivity index is 1.72. The lowest BCUT2D eigenvalue weighted by Gasteiger charge is -2.11. The number of benzene rings is 1. The van der Waals surface area contributed by atoms with Crippen molar-refractivity contribution in [3.8, 4) is 5.75 Å². The highest BCUT2D eigenvalue weighted by molar-refractivity contribution is 7.16. The summed E-state index contributed by atoms with van der Waals surface area (Å²) in [5.74, 6) is -1.58. The van der Waals surface area contributed by atoms with E-state index in [-0.39, 0.29) is 53.8 Å². The van der Waals surface area contributed by atoms with Crippen molar-refractivity contribution in [2.75, 3.05) is 25.1 Å². The molecule has 4 rings (SSSR count). The van der Waals surface area contributed by atoms with E-state index in [1.165, 1.54) is 6.07 Å². The van der Waals surface area contributed by atoms with Crippen LogP contribution in [0.15, 0.2) is 46.0 Å². The standard InChI is InChI=1S/C28H30N8O8S/c1-3-18-23(44-15(2)33-18)27(40)34-28-35(22-20(43-10-6-9-37)12-16(24(29)38)13-21(22)45-28)8-5-4-7-31-26-19(36(41)42)11-17(14-32-26)25(30)39/h4-5,11-14,37H,3,6-10H2,1-2H3,(H2,29,38)(H2,30,39)(H,31,32)/b5-4-,34-28?. The Bertz CT molecular complexity index is 1870. The van der Waals surface area contributed by atoms with Gasteiger partial charge in [0.2, 0.25) is 17.5 Å². The first-order valence-corrected chi connectivity index (χ1v) is 14.4. The lowest BCUT2D eigenvalue weighted by molar-refractivity contribution is -0.384. The smallest absolute Gasteiger partial charge is 0.317 e. The summed E-state index contributed by atoms with van der Waals surface area (Å²) in [5.41, 5.74) is 11.4. The van der Waals surface area contributed by atoms with Crippen LogP contribution in [0, 0.1) is 17.0 Å². The van der Waals surface area contributed by atoms with Crippen LogP contribution in [-0.4, -0.2) is 62.0 Å². The quantitative estimate of drug-likeness (QED) is 0.0675. The van der Waals surface area contributed by atoms with Gasteiger partial charge >= 0.3 is 11.6 Å². The third-order valence-corrected chi connectivity index (χ3v) is 7.33. The normalized spacial score (nSPS) is 11.8. The van der Waals surface area contributed by atoms with Gasteiger partial charge in [-0.25, -0.2) is 9.97 Å². The lowest BCUT2D eigenvalue weighted by atomic mass is 10.2. The number of primary amides is 2. The van der Waals surface area contributed by atoms with Gasteiger partial charge in [0.15, 0.2) is 10.7 Å². The van der Waals surface area contributed by atoms with Gasteiger partial charge in [0.1, 0.15) is 11.3 Å². The van der Waals surface area contributed by atoms with Crippen molar-refractivity contribution in [3.63, 3.8) is 0 Å². The molecule has 0 radical (unpaired) electrons. The second-order valence-electron chi connectivity index (χ2n) is 9.45. The molecule has 0 aliphatic rings. The number of carbonyl (C=O) groups excluding carboxylic acids is 3. The number of anilines is 1. The van der Waals surface area contributed by atoms with Crippen LogP contribution >= 0.6 is 11.3 Å². The number of hydrogen-bond donors (Lipinski definition) is 4. The Hall–Kier alpha value is -5.42. The first kappa shape index (κ1) is 32.5. The van der Waals surface area contributed by atoms with Crippen molar-refractivity contribution in [1.82, 2.24) is 14.5 Å². The van der Waals surface area contributed by atoms with Crippen LogP contribution in [0.5, 0.6) is 5.75 Å². The second kappa shape index (κ2) is 14.4. The molecule has 0 saturated heterocycles. The predicted molar refractivity (Wildman–Crippen MR) is 163 cm³/mol. The second-order valence-corrected chi connectivity index (χ2v) is 10.5. The molecule has 0 aliphatic carbocycles. The molecule has 0 atom stereocenters. The molecule has 236 valence electrons. The zero-order valence-corrected chi connectivity index (χ0v) is 25.1. The van der Waals surface area contributed by atoms with Gasteiger partial charge in [-0.15, -0.1) is 0 Å². The largest absolute Gasteiger partial charge is 0.491 e. The fraction of sp³-hybridized carbons (Fsp3) is 0.286. The molecule has 3 amide bonds. The average molecular weight is 639 g/mol. The summed E-state index contributed by atoms with van der Waals surface area (Å²) >= 11 is 1.13. The van der Waals surface area contributed by atoms with E-state index in [9.17, 15) is 29.6 Å². The SMILES string of the molecule is CCc1nc(C)oc1C(=O)N=c1sc2cc(C(N)=O)cc(OCCCO)c2n1C/C=C\CNc1ncc(C(N)=O)cc1[N+](=O)[O-]. The zero-order chi connectivity index (χ0) is 32.7. The fourth-order valence-corrected chi connectivity index (χ4v) is 5.32. The third-order valence-electron chi connectivity index (χ3n) is 6.31. The van der Waals surface area contributed by atoms with E-state index in [2.05, 4.69) is 20.3 Å². The molecule has 1 aromatic carbocycles. The fourth-order valence-electron chi connectivity index (χ4n) is 4.22. The van der Waals surface area contributed by atoms with Crippen LogP contribution in [0.1, 0.15) is 56.2 Å². The van der Waals surface area contributed by atoms with Gasteiger partial charge in [0, 0.05) is 50.9 Å². The molecule has 45 heavy (non-hydrogen) atoms. The summed E-state index contributed by atoms with van der Waals surface area (Å²) < 4.78 is 13.7. The molecule has 17 heteroatoms. The minimum absolute atomic E-state index is 0.0208. The summed E-state index contributed by atoms with van der Waals surface area (Å²) in [6, 6.07) is 4.10. The first-order valence-electron chi connectivity index (χ1n) is 13.6. The molecule has 4 aromatic rings. The highest BCUT2D eigenvalue weighted by atomic mass is 32.1. The van der Waals surface area contributed by atoms with Crippen LogP contribution < -0.4 is 26.3 Å². The Morgan fingerprint density at radius 3 is 2.64 bits per heavy atom. The Morgan fingerprint density at radius 2 is 1.98 bits per heavy atom. The Kier molecular flexibility index (Phi) is 10.4. The van der Waals surface area contributed by atoms with Crippen LogP contribution in [0.25, 0.3) is 10.2 Å². The number of thiazole rings is 1. The topological polar surface area (TPSA) is 244 Å². The number of rotatable bonds is 14. The number of nitrogens with two attached hydrogens (primary N) is 2. The number of aryl methyl sites for hydroxylation is 2. The van der Waals surface area contributed by atoms with Crippen molar-refractivity contribution in [1.29, 1.82) is 0 Å². The molecule has 0 spiro atoms. The maximum absolute atomic E-state index is 13.2. The molecule has 0 aliphatic heterocycles. The van der Waals surface area contributed by atoms with E-state index in [0.717, 1.165) is 23.6 Å². The first-order chi connectivity index (χ1) is 21.5. The molecule has 6 N–H and O–H groups in total. The van der Waals surface area contributed by atoms with Crippen molar-refractivity contribution in [2.45, 2.75) is 33.2 Å². The number of oxazole rings is 1. The van der Waals surface area contributed by atoms with Gasteiger partial charge in [-0.3, -0.25) is 24.5 Å². The van der Waals surface area contributed by atoms with Crippen molar-refractivity contribution in [2.24, 2.45) is 16.5 Å². The number of nitrogens with one attached hydrogen (secondary N) is 1. The van der Waals surface area contributed by atoms with Crippen LogP contribution in [0.4, 0.5) is 11.5 Å². The van der Waals surface area contributed by atoms with Crippen molar-refractivity contribution < 1.29 is 33.6 Å². The molecule has 0 bridgehead atoms. The van der Waals surface area contributed by atoms with E-state index in [0.29, 0.717) is 40.4 Å². The number of amides is 3. The number of aliphatic hydroxyl groups is 1. The van der Waals surface area contributed by atoms with Gasteiger partial charge in [0.05, 0.1) is 27.5 Å². The van der Waals surface area contributed by atoms with E-state index in [1.54, 1.807) is 29.7 Å². The number of ether oxygens (including phenoxy) is 1. The Morgan fingerprint density at radius 1 is 1.22 bits per heavy atom. The molecule has 16 nitrogen and oxygen atoms in total. The van der Waals surface area contributed by atoms with Gasteiger partial charge in [-0.1, -0.05) is 30.4 Å². The molecule has 0 fully saturated rings. The van der Waals surface area contributed by atoms with Crippen molar-refractivity contribution >= 4 is 50.8 Å². The number of aliphatic hydroxyl groups excluding tert-OH is 1. The maximum Gasteiger partial charge on any atom is 0.317 e. The summed E-state index contributed by atoms with van der Waals surface area (Å²) in [6.07, 6.45) is 5.33. The van der Waals surface area contributed by atoms with E-state index < -0.39 is 28.3 Å². The van der Waals surface area contributed by atoms with Gasteiger partial charge < -0.3 is 35.6 Å². The molecule has 0 saturated carbocycles. The van der Waals surface area contributed by atoms with E-state index >= 15 is 0 Å². The highest BCUT2D eigenvalue weighted by Gasteiger charge is 2.21. The van der Waals surface area contributed by atoms with Crippen molar-refractivity contribution in [3.05, 3.63) is 79.9 Å². The van der Waals surface area contributed by atoms with E-state index in [4.69, 9.17) is 20.6 Å².